The van der Waals surface area contributed by atoms with Crippen LogP contribution in [0.1, 0.15) is 34.8 Å². The Hall–Kier alpha value is -3.35. The zero-order chi connectivity index (χ0) is 19.7. The summed E-state index contributed by atoms with van der Waals surface area (Å²) in [6.07, 6.45) is 2.04. The minimum absolute atomic E-state index is 0.292. The molecule has 1 saturated carbocycles. The molecule has 2 N–H and O–H groups in total. The van der Waals surface area contributed by atoms with Crippen LogP contribution >= 0.6 is 0 Å². The summed E-state index contributed by atoms with van der Waals surface area (Å²) in [6.45, 7) is 0. The van der Waals surface area contributed by atoms with E-state index in [0.717, 1.165) is 18.5 Å². The van der Waals surface area contributed by atoms with Crippen LogP contribution in [0.3, 0.4) is 0 Å². The lowest BCUT2D eigenvalue weighted by molar-refractivity contribution is 0.102. The number of H-pyrrole nitrogens is 1. The van der Waals surface area contributed by atoms with Crippen LogP contribution in [-0.2, 0) is 0 Å². The van der Waals surface area contributed by atoms with Crippen molar-refractivity contribution in [2.24, 2.45) is 0 Å². The molecule has 1 aliphatic rings. The minimum atomic E-state index is -0.379. The molecule has 144 valence electrons. The molecular formula is C21H20FN3O3. The van der Waals surface area contributed by atoms with Crippen LogP contribution < -0.4 is 14.8 Å². The summed E-state index contributed by atoms with van der Waals surface area (Å²) < 4.78 is 24.4. The van der Waals surface area contributed by atoms with E-state index in [1.165, 1.54) is 26.4 Å². The van der Waals surface area contributed by atoms with Gasteiger partial charge in [-0.3, -0.25) is 9.89 Å². The van der Waals surface area contributed by atoms with Crippen molar-refractivity contribution in [2.45, 2.75) is 18.8 Å². The Bertz CT molecular complexity index is 1010. The molecular weight excluding hydrogens is 361 g/mol. The first-order valence-electron chi connectivity index (χ1n) is 8.99. The standard InChI is InChI=1S/C21H20FN3O3/c1-27-15-7-4-8-16(28-2)17(15)21(26)23-20-18(12-9-10-12)24-25-19(20)13-5-3-6-14(22)11-13/h3-8,11-12H,9-10H2,1-2H3,(H,23,26)(H,24,25). The minimum Gasteiger partial charge on any atom is -0.496 e. The molecule has 4 rings (SSSR count). The van der Waals surface area contributed by atoms with Gasteiger partial charge in [-0.25, -0.2) is 4.39 Å². The van der Waals surface area contributed by atoms with Crippen molar-refractivity contribution in [3.05, 3.63) is 59.5 Å². The molecule has 2 aromatic carbocycles. The van der Waals surface area contributed by atoms with Gasteiger partial charge in [0, 0.05) is 11.5 Å². The molecule has 3 aromatic rings. The zero-order valence-electron chi connectivity index (χ0n) is 15.6. The molecule has 1 amide bonds. The van der Waals surface area contributed by atoms with Gasteiger partial charge in [0.2, 0.25) is 0 Å². The second-order valence-electron chi connectivity index (χ2n) is 6.64. The molecule has 28 heavy (non-hydrogen) atoms. The molecule has 7 heteroatoms. The first kappa shape index (κ1) is 18.0. The fourth-order valence-electron chi connectivity index (χ4n) is 3.25. The summed E-state index contributed by atoms with van der Waals surface area (Å²) in [7, 11) is 2.99. The summed E-state index contributed by atoms with van der Waals surface area (Å²) in [5.41, 5.74) is 2.79. The number of halogens is 1. The second kappa shape index (κ2) is 7.34. The third kappa shape index (κ3) is 3.31. The van der Waals surface area contributed by atoms with Gasteiger partial charge in [-0.2, -0.15) is 5.10 Å². The van der Waals surface area contributed by atoms with E-state index in [-0.39, 0.29) is 11.7 Å². The monoisotopic (exact) mass is 381 g/mol. The van der Waals surface area contributed by atoms with Gasteiger partial charge in [-0.15, -0.1) is 0 Å². The SMILES string of the molecule is COc1cccc(OC)c1C(=O)Nc1c(-c2cccc(F)c2)n[nH]c1C1CC1. The van der Waals surface area contributed by atoms with Gasteiger partial charge in [0.25, 0.3) is 5.91 Å². The Morgan fingerprint density at radius 1 is 1.14 bits per heavy atom. The summed E-state index contributed by atoms with van der Waals surface area (Å²) in [4.78, 5) is 13.1. The highest BCUT2D eigenvalue weighted by atomic mass is 19.1. The summed E-state index contributed by atoms with van der Waals surface area (Å²) >= 11 is 0. The van der Waals surface area contributed by atoms with E-state index in [1.807, 2.05) is 0 Å². The molecule has 1 aliphatic carbocycles. The highest BCUT2D eigenvalue weighted by molar-refractivity contribution is 6.10. The van der Waals surface area contributed by atoms with E-state index in [0.29, 0.717) is 39.9 Å². The van der Waals surface area contributed by atoms with Crippen LogP contribution in [0.15, 0.2) is 42.5 Å². The highest BCUT2D eigenvalue weighted by Crippen LogP contribution is 2.45. The smallest absolute Gasteiger partial charge is 0.263 e. The molecule has 0 aliphatic heterocycles. The maximum Gasteiger partial charge on any atom is 0.263 e. The number of methoxy groups -OCH3 is 2. The molecule has 0 saturated heterocycles. The number of nitrogens with zero attached hydrogens (tertiary/aromatic N) is 1. The topological polar surface area (TPSA) is 76.2 Å². The first-order chi connectivity index (χ1) is 13.6. The van der Waals surface area contributed by atoms with E-state index < -0.39 is 0 Å². The number of aromatic nitrogens is 2. The Morgan fingerprint density at radius 3 is 2.43 bits per heavy atom. The fraction of sp³-hybridized carbons (Fsp3) is 0.238. The van der Waals surface area contributed by atoms with Crippen molar-refractivity contribution >= 4 is 11.6 Å². The molecule has 6 nitrogen and oxygen atoms in total. The second-order valence-corrected chi connectivity index (χ2v) is 6.64. The summed E-state index contributed by atoms with van der Waals surface area (Å²) in [6, 6.07) is 11.3. The molecule has 1 fully saturated rings. The van der Waals surface area contributed by atoms with E-state index in [9.17, 15) is 9.18 Å². The predicted molar refractivity (Wildman–Crippen MR) is 103 cm³/mol. The molecule has 0 spiro atoms. The third-order valence-electron chi connectivity index (χ3n) is 4.77. The van der Waals surface area contributed by atoms with Crippen molar-refractivity contribution in [1.29, 1.82) is 0 Å². The lowest BCUT2D eigenvalue weighted by atomic mass is 10.1. The summed E-state index contributed by atoms with van der Waals surface area (Å²) in [5, 5.41) is 10.3. The number of benzene rings is 2. The Morgan fingerprint density at radius 2 is 1.82 bits per heavy atom. The van der Waals surface area contributed by atoms with Gasteiger partial charge < -0.3 is 14.8 Å². The molecule has 1 aromatic heterocycles. The van der Waals surface area contributed by atoms with E-state index >= 15 is 0 Å². The Kier molecular flexibility index (Phi) is 4.73. The van der Waals surface area contributed by atoms with E-state index in [1.54, 1.807) is 30.3 Å². The number of carbonyl (C=O) groups is 1. The van der Waals surface area contributed by atoms with Crippen molar-refractivity contribution in [3.63, 3.8) is 0 Å². The van der Waals surface area contributed by atoms with Crippen LogP contribution in [0.25, 0.3) is 11.3 Å². The number of carbonyl (C=O) groups excluding carboxylic acids is 1. The van der Waals surface area contributed by atoms with Gasteiger partial charge in [-0.05, 0) is 37.1 Å². The van der Waals surface area contributed by atoms with Crippen LogP contribution in [-0.4, -0.2) is 30.3 Å². The summed E-state index contributed by atoms with van der Waals surface area (Å²) in [5.74, 6) is 0.373. The number of hydrogen-bond acceptors (Lipinski definition) is 4. The van der Waals surface area contributed by atoms with Gasteiger partial charge in [0.1, 0.15) is 28.6 Å². The quantitative estimate of drug-likeness (QED) is 0.665. The number of ether oxygens (including phenoxy) is 2. The van der Waals surface area contributed by atoms with E-state index in [2.05, 4.69) is 15.5 Å². The molecule has 1 heterocycles. The lowest BCUT2D eigenvalue weighted by Crippen LogP contribution is -2.15. The Balaban J connectivity index is 1.76. The maximum absolute atomic E-state index is 13.7. The molecule has 0 bridgehead atoms. The average molecular weight is 381 g/mol. The van der Waals surface area contributed by atoms with Crippen molar-refractivity contribution < 1.29 is 18.7 Å². The number of anilines is 1. The predicted octanol–water partition coefficient (Wildman–Crippen LogP) is 4.36. The van der Waals surface area contributed by atoms with Crippen molar-refractivity contribution in [2.75, 3.05) is 19.5 Å². The van der Waals surface area contributed by atoms with Gasteiger partial charge in [0.15, 0.2) is 0 Å². The van der Waals surface area contributed by atoms with Crippen molar-refractivity contribution in [3.8, 4) is 22.8 Å². The molecule has 0 atom stereocenters. The number of rotatable bonds is 6. The number of hydrogen-bond donors (Lipinski definition) is 2. The average Bonchev–Trinajstić information content (AvgIpc) is 3.47. The first-order valence-corrected chi connectivity index (χ1v) is 8.99. The highest BCUT2D eigenvalue weighted by Gasteiger charge is 2.32. The van der Waals surface area contributed by atoms with Gasteiger partial charge >= 0.3 is 0 Å². The maximum atomic E-state index is 13.7. The molecule has 0 unspecified atom stereocenters. The Labute approximate surface area is 161 Å². The fourth-order valence-corrected chi connectivity index (χ4v) is 3.25. The molecule has 0 radical (unpaired) electrons. The normalized spacial score (nSPS) is 13.2. The largest absolute Gasteiger partial charge is 0.496 e. The zero-order valence-corrected chi connectivity index (χ0v) is 15.6. The van der Waals surface area contributed by atoms with Crippen LogP contribution in [0.5, 0.6) is 11.5 Å². The van der Waals surface area contributed by atoms with Gasteiger partial charge in [-0.1, -0.05) is 18.2 Å². The third-order valence-corrected chi connectivity index (χ3v) is 4.77. The van der Waals surface area contributed by atoms with Crippen molar-refractivity contribution in [1.82, 2.24) is 10.2 Å². The van der Waals surface area contributed by atoms with Crippen LogP contribution in [0.4, 0.5) is 10.1 Å². The van der Waals surface area contributed by atoms with Gasteiger partial charge in [0.05, 0.1) is 25.6 Å². The lowest BCUT2D eigenvalue weighted by Gasteiger charge is -2.14. The van der Waals surface area contributed by atoms with Crippen LogP contribution in [0.2, 0.25) is 0 Å². The number of amides is 1. The number of nitrogens with one attached hydrogen (secondary N) is 2. The van der Waals surface area contributed by atoms with E-state index in [4.69, 9.17) is 9.47 Å². The van der Waals surface area contributed by atoms with Crippen LogP contribution in [0, 0.1) is 5.82 Å². The number of aromatic amines is 1.